The summed E-state index contributed by atoms with van der Waals surface area (Å²) in [6.45, 7) is 9.50. The average Bonchev–Trinajstić information content (AvgIpc) is 1.88. The van der Waals surface area contributed by atoms with Crippen LogP contribution in [0.2, 0.25) is 0 Å². The minimum absolute atomic E-state index is 0.644. The van der Waals surface area contributed by atoms with Crippen LogP contribution in [0.15, 0.2) is 0 Å². The highest BCUT2D eigenvalue weighted by Gasteiger charge is 2.50. The van der Waals surface area contributed by atoms with Crippen LogP contribution < -0.4 is 0 Å². The first-order valence-corrected chi connectivity index (χ1v) is 5.48. The number of hydrogen-bond acceptors (Lipinski definition) is 0. The highest BCUT2D eigenvalue weighted by molar-refractivity contribution is 7.17. The Kier molecular flexibility index (Phi) is 2.64. The minimum Gasteiger partial charge on any atom is -0.134 e. The highest BCUT2D eigenvalue weighted by atomic mass is 31.0. The van der Waals surface area contributed by atoms with E-state index in [0.717, 1.165) is 17.5 Å². The molecule has 0 aromatic rings. The molecule has 4 atom stereocenters. The lowest BCUT2D eigenvalue weighted by molar-refractivity contribution is -0.0342. The topological polar surface area (TPSA) is 0 Å². The molecule has 0 saturated heterocycles. The van der Waals surface area contributed by atoms with Gasteiger partial charge in [-0.3, -0.25) is 0 Å². The van der Waals surface area contributed by atoms with E-state index in [0.29, 0.717) is 5.41 Å². The van der Waals surface area contributed by atoms with Crippen LogP contribution in [0.1, 0.15) is 40.5 Å². The Morgan fingerprint density at radius 2 is 1.91 bits per heavy atom. The summed E-state index contributed by atoms with van der Waals surface area (Å²) in [6.07, 6.45) is 2.78. The molecule has 4 unspecified atom stereocenters. The molecule has 1 aliphatic carbocycles. The van der Waals surface area contributed by atoms with Crippen molar-refractivity contribution >= 4 is 9.24 Å². The van der Waals surface area contributed by atoms with E-state index in [1.54, 1.807) is 0 Å². The molecule has 0 amide bonds. The zero-order valence-electron chi connectivity index (χ0n) is 8.22. The monoisotopic (exact) mass is 172 g/mol. The molecular formula is C10H21P. The van der Waals surface area contributed by atoms with Gasteiger partial charge in [-0.05, 0) is 35.8 Å². The van der Waals surface area contributed by atoms with Gasteiger partial charge in [0.05, 0.1) is 0 Å². The predicted octanol–water partition coefficient (Wildman–Crippen LogP) is 3.32. The van der Waals surface area contributed by atoms with Gasteiger partial charge in [0.25, 0.3) is 0 Å². The van der Waals surface area contributed by atoms with Gasteiger partial charge >= 0.3 is 0 Å². The van der Waals surface area contributed by atoms with Gasteiger partial charge in [-0.25, -0.2) is 0 Å². The van der Waals surface area contributed by atoms with E-state index in [-0.39, 0.29) is 0 Å². The van der Waals surface area contributed by atoms with Crippen molar-refractivity contribution in [3.8, 4) is 0 Å². The highest BCUT2D eigenvalue weighted by Crippen LogP contribution is 2.57. The van der Waals surface area contributed by atoms with Gasteiger partial charge in [-0.2, -0.15) is 0 Å². The van der Waals surface area contributed by atoms with E-state index in [4.69, 9.17) is 0 Å². The third-order valence-electron chi connectivity index (χ3n) is 4.00. The van der Waals surface area contributed by atoms with Crippen LogP contribution in [-0.2, 0) is 0 Å². The second-order valence-corrected chi connectivity index (χ2v) is 5.29. The smallest absolute Gasteiger partial charge is 0.0188 e. The molecule has 1 saturated carbocycles. The number of hydrogen-bond donors (Lipinski definition) is 0. The van der Waals surface area contributed by atoms with Crippen molar-refractivity contribution in [2.75, 3.05) is 0 Å². The molecule has 1 aliphatic rings. The fourth-order valence-electron chi connectivity index (χ4n) is 3.21. The molecule has 1 fully saturated rings. The second kappa shape index (κ2) is 3.05. The van der Waals surface area contributed by atoms with Crippen LogP contribution >= 0.6 is 9.24 Å². The molecule has 0 aromatic carbocycles. The summed E-state index contributed by atoms with van der Waals surface area (Å²) < 4.78 is 0. The molecule has 66 valence electrons. The Hall–Kier alpha value is 0.430. The maximum absolute atomic E-state index is 2.99. The summed E-state index contributed by atoms with van der Waals surface area (Å²) in [6, 6.07) is 0. The van der Waals surface area contributed by atoms with Crippen LogP contribution in [0.3, 0.4) is 0 Å². The molecule has 0 heterocycles. The second-order valence-electron chi connectivity index (χ2n) is 4.29. The standard InChI is InChI=1S/C10H21P/c1-5-10(9(4)11)7(2)6-8(10)3/h7-9H,5-6,11H2,1-4H3. The summed E-state index contributed by atoms with van der Waals surface area (Å²) in [4.78, 5) is 0. The zero-order chi connectivity index (χ0) is 8.65. The summed E-state index contributed by atoms with van der Waals surface area (Å²) in [7, 11) is 2.99. The van der Waals surface area contributed by atoms with Crippen molar-refractivity contribution in [2.45, 2.75) is 46.2 Å². The lowest BCUT2D eigenvalue weighted by atomic mass is 9.51. The maximum atomic E-state index is 2.99. The first-order chi connectivity index (χ1) is 5.05. The number of rotatable bonds is 2. The van der Waals surface area contributed by atoms with Gasteiger partial charge in [0.1, 0.15) is 0 Å². The summed E-state index contributed by atoms with van der Waals surface area (Å²) >= 11 is 0. The van der Waals surface area contributed by atoms with Crippen LogP contribution in [0.5, 0.6) is 0 Å². The lowest BCUT2D eigenvalue weighted by Crippen LogP contribution is -2.51. The van der Waals surface area contributed by atoms with Gasteiger partial charge in [-0.1, -0.05) is 27.7 Å². The van der Waals surface area contributed by atoms with Crippen molar-refractivity contribution in [2.24, 2.45) is 17.3 Å². The van der Waals surface area contributed by atoms with Crippen molar-refractivity contribution in [1.29, 1.82) is 0 Å². The Morgan fingerprint density at radius 1 is 1.45 bits per heavy atom. The van der Waals surface area contributed by atoms with Crippen LogP contribution in [0.25, 0.3) is 0 Å². The van der Waals surface area contributed by atoms with E-state index in [1.807, 2.05) is 0 Å². The molecule has 1 rings (SSSR count). The Morgan fingerprint density at radius 3 is 2.00 bits per heavy atom. The maximum Gasteiger partial charge on any atom is -0.0188 e. The third kappa shape index (κ3) is 1.15. The quantitative estimate of drug-likeness (QED) is 0.560. The molecule has 0 bridgehead atoms. The van der Waals surface area contributed by atoms with Crippen molar-refractivity contribution < 1.29 is 0 Å². The van der Waals surface area contributed by atoms with E-state index in [9.17, 15) is 0 Å². The van der Waals surface area contributed by atoms with Crippen molar-refractivity contribution in [1.82, 2.24) is 0 Å². The molecular weight excluding hydrogens is 151 g/mol. The van der Waals surface area contributed by atoms with E-state index in [1.165, 1.54) is 12.8 Å². The van der Waals surface area contributed by atoms with E-state index >= 15 is 0 Å². The summed E-state index contributed by atoms with van der Waals surface area (Å²) in [5.41, 5.74) is 1.43. The largest absolute Gasteiger partial charge is 0.134 e. The summed E-state index contributed by atoms with van der Waals surface area (Å²) in [5, 5.41) is 0. The van der Waals surface area contributed by atoms with Crippen LogP contribution in [0.4, 0.5) is 0 Å². The van der Waals surface area contributed by atoms with Gasteiger partial charge in [0, 0.05) is 0 Å². The molecule has 11 heavy (non-hydrogen) atoms. The molecule has 0 aromatic heterocycles. The van der Waals surface area contributed by atoms with Gasteiger partial charge in [-0.15, -0.1) is 9.24 Å². The Balaban J connectivity index is 2.74. The molecule has 0 nitrogen and oxygen atoms in total. The molecule has 0 radical (unpaired) electrons. The molecule has 0 N–H and O–H groups in total. The molecule has 0 aliphatic heterocycles. The van der Waals surface area contributed by atoms with E-state index < -0.39 is 0 Å². The van der Waals surface area contributed by atoms with Gasteiger partial charge in [0.15, 0.2) is 0 Å². The normalized spacial score (nSPS) is 46.6. The van der Waals surface area contributed by atoms with Crippen LogP contribution in [-0.4, -0.2) is 5.66 Å². The fraction of sp³-hybridized carbons (Fsp3) is 1.00. The fourth-order valence-corrected chi connectivity index (χ4v) is 4.10. The van der Waals surface area contributed by atoms with Gasteiger partial charge in [0.2, 0.25) is 0 Å². The summed E-state index contributed by atoms with van der Waals surface area (Å²) in [5.74, 6) is 1.88. The molecule has 0 spiro atoms. The van der Waals surface area contributed by atoms with Crippen LogP contribution in [0, 0.1) is 17.3 Å². The zero-order valence-corrected chi connectivity index (χ0v) is 9.38. The predicted molar refractivity (Wildman–Crippen MR) is 54.8 cm³/mol. The molecule has 1 heteroatoms. The first-order valence-electron chi connectivity index (χ1n) is 4.81. The van der Waals surface area contributed by atoms with E-state index in [2.05, 4.69) is 36.9 Å². The van der Waals surface area contributed by atoms with Crippen molar-refractivity contribution in [3.05, 3.63) is 0 Å². The SMILES string of the molecule is CCC1(C(C)P)C(C)CC1C. The third-order valence-corrected chi connectivity index (χ3v) is 4.62. The Bertz CT molecular complexity index is 122. The first kappa shape index (κ1) is 9.52. The van der Waals surface area contributed by atoms with Gasteiger partial charge < -0.3 is 0 Å². The Labute approximate surface area is 73.3 Å². The minimum atomic E-state index is 0.644. The van der Waals surface area contributed by atoms with Crippen molar-refractivity contribution in [3.63, 3.8) is 0 Å². The lowest BCUT2D eigenvalue weighted by Gasteiger charge is -2.56. The average molecular weight is 172 g/mol.